The van der Waals surface area contributed by atoms with Gasteiger partial charge >= 0.3 is 0 Å². The number of amides is 2. The molecule has 2 fully saturated rings. The minimum atomic E-state index is -0.256. The summed E-state index contributed by atoms with van der Waals surface area (Å²) in [5.74, 6) is -0.138. The highest BCUT2D eigenvalue weighted by Crippen LogP contribution is 2.33. The van der Waals surface area contributed by atoms with Crippen molar-refractivity contribution in [2.24, 2.45) is 0 Å². The molecular weight excluding hydrogens is 390 g/mol. The zero-order chi connectivity index (χ0) is 22.0. The van der Waals surface area contributed by atoms with E-state index >= 15 is 0 Å². The van der Waals surface area contributed by atoms with E-state index in [1.54, 1.807) is 12.3 Å². The summed E-state index contributed by atoms with van der Waals surface area (Å²) in [6.07, 6.45) is 6.60. The molecule has 2 aliphatic rings. The molecule has 2 amide bonds. The lowest BCUT2D eigenvalue weighted by atomic mass is 9.99. The van der Waals surface area contributed by atoms with Crippen LogP contribution in [0.2, 0.25) is 0 Å². The first-order chi connectivity index (χ1) is 14.9. The number of nitrogens with zero attached hydrogens (tertiary/aromatic N) is 3. The lowest BCUT2D eigenvalue weighted by molar-refractivity contribution is -0.132. The maximum absolute atomic E-state index is 13.3. The second kappa shape index (κ2) is 9.08. The summed E-state index contributed by atoms with van der Waals surface area (Å²) >= 11 is 0. The Balaban J connectivity index is 1.53. The van der Waals surface area contributed by atoms with Gasteiger partial charge in [0.15, 0.2) is 0 Å². The Bertz CT molecular complexity index is 1040. The molecule has 0 bridgehead atoms. The molecule has 0 radical (unpaired) electrons. The first-order valence-corrected chi connectivity index (χ1v) is 11.3. The van der Waals surface area contributed by atoms with Crippen LogP contribution in [0.15, 0.2) is 41.3 Å². The second-order valence-corrected chi connectivity index (χ2v) is 8.83. The molecule has 4 rings (SSSR count). The molecule has 0 spiro atoms. The van der Waals surface area contributed by atoms with Crippen molar-refractivity contribution in [3.63, 3.8) is 0 Å². The van der Waals surface area contributed by atoms with Crippen molar-refractivity contribution in [3.8, 4) is 0 Å². The van der Waals surface area contributed by atoms with Gasteiger partial charge in [0.25, 0.3) is 11.5 Å². The monoisotopic (exact) mass is 421 g/mol. The third kappa shape index (κ3) is 4.58. The fourth-order valence-corrected chi connectivity index (χ4v) is 4.66. The fraction of sp³-hybridized carbons (Fsp3) is 0.480. The van der Waals surface area contributed by atoms with Crippen LogP contribution in [0.3, 0.4) is 0 Å². The molecule has 1 aromatic heterocycles. The fourth-order valence-electron chi connectivity index (χ4n) is 4.66. The minimum absolute atomic E-state index is 0.0134. The molecule has 0 N–H and O–H groups in total. The number of carbonyl (C=O) groups is 2. The Labute approximate surface area is 183 Å². The van der Waals surface area contributed by atoms with Crippen molar-refractivity contribution in [3.05, 3.63) is 69.1 Å². The van der Waals surface area contributed by atoms with E-state index in [9.17, 15) is 14.4 Å². The Morgan fingerprint density at radius 1 is 0.935 bits per heavy atom. The van der Waals surface area contributed by atoms with Gasteiger partial charge < -0.3 is 14.4 Å². The van der Waals surface area contributed by atoms with E-state index < -0.39 is 0 Å². The van der Waals surface area contributed by atoms with Crippen LogP contribution >= 0.6 is 0 Å². The summed E-state index contributed by atoms with van der Waals surface area (Å²) in [6, 6.07) is 9.42. The normalized spacial score (nSPS) is 19.0. The topological polar surface area (TPSA) is 62.6 Å². The van der Waals surface area contributed by atoms with Crippen molar-refractivity contribution >= 4 is 11.8 Å². The van der Waals surface area contributed by atoms with Gasteiger partial charge in [-0.1, -0.05) is 18.2 Å². The summed E-state index contributed by atoms with van der Waals surface area (Å²) in [5.41, 5.74) is 3.82. The molecule has 2 aliphatic heterocycles. The van der Waals surface area contributed by atoms with Gasteiger partial charge in [-0.2, -0.15) is 0 Å². The molecule has 6 nitrogen and oxygen atoms in total. The predicted molar refractivity (Wildman–Crippen MR) is 120 cm³/mol. The molecule has 0 saturated carbocycles. The molecular formula is C25H31N3O3. The quantitative estimate of drug-likeness (QED) is 0.760. The smallest absolute Gasteiger partial charge is 0.255 e. The highest BCUT2D eigenvalue weighted by atomic mass is 16.2. The lowest BCUT2D eigenvalue weighted by Gasteiger charge is -2.27. The van der Waals surface area contributed by atoms with Gasteiger partial charge in [0.05, 0.1) is 11.6 Å². The molecule has 1 atom stereocenters. The summed E-state index contributed by atoms with van der Waals surface area (Å²) in [4.78, 5) is 42.1. The van der Waals surface area contributed by atoms with Crippen LogP contribution in [0.5, 0.6) is 0 Å². The molecule has 2 saturated heterocycles. The van der Waals surface area contributed by atoms with E-state index in [1.165, 1.54) is 21.8 Å². The Morgan fingerprint density at radius 3 is 2.45 bits per heavy atom. The maximum Gasteiger partial charge on any atom is 0.255 e. The number of carbonyl (C=O) groups excluding carboxylic acids is 2. The largest absolute Gasteiger partial charge is 0.341 e. The summed E-state index contributed by atoms with van der Waals surface area (Å²) in [7, 11) is 0. The number of rotatable bonds is 4. The second-order valence-electron chi connectivity index (χ2n) is 8.83. The molecule has 3 heterocycles. The van der Waals surface area contributed by atoms with E-state index in [2.05, 4.69) is 32.0 Å². The average Bonchev–Trinajstić information content (AvgIpc) is 3.27. The molecule has 164 valence electrons. The zero-order valence-corrected chi connectivity index (χ0v) is 18.5. The van der Waals surface area contributed by atoms with Crippen LogP contribution in [-0.4, -0.2) is 45.8 Å². The molecule has 0 aliphatic carbocycles. The van der Waals surface area contributed by atoms with Gasteiger partial charge in [-0.15, -0.1) is 0 Å². The molecule has 31 heavy (non-hydrogen) atoms. The van der Waals surface area contributed by atoms with E-state index in [-0.39, 0.29) is 30.0 Å². The number of hydrogen-bond donors (Lipinski definition) is 0. The standard InChI is InChI=1S/C25H31N3O3/c1-18-8-9-20(15-19(18)2)22-7-6-14-28(22)25(31)21-10-11-23(29)27(16-21)17-24(30)26-12-4-3-5-13-26/h8-11,15-16,22H,3-7,12-14,17H2,1-2H3/t22-/m0/s1. The van der Waals surface area contributed by atoms with Crippen LogP contribution in [-0.2, 0) is 11.3 Å². The number of hydrogen-bond acceptors (Lipinski definition) is 3. The van der Waals surface area contributed by atoms with Gasteiger partial charge in [0, 0.05) is 31.9 Å². The number of likely N-dealkylation sites (tertiary alicyclic amines) is 2. The average molecular weight is 422 g/mol. The number of pyridine rings is 1. The number of aryl methyl sites for hydroxylation is 2. The Hall–Kier alpha value is -2.89. The minimum Gasteiger partial charge on any atom is -0.341 e. The van der Waals surface area contributed by atoms with Crippen LogP contribution in [0, 0.1) is 13.8 Å². The third-order valence-electron chi connectivity index (χ3n) is 6.67. The van der Waals surface area contributed by atoms with E-state index in [0.717, 1.165) is 50.8 Å². The van der Waals surface area contributed by atoms with Crippen LogP contribution < -0.4 is 5.56 Å². The predicted octanol–water partition coefficient (Wildman–Crippen LogP) is 3.45. The van der Waals surface area contributed by atoms with Crippen LogP contribution in [0.4, 0.5) is 0 Å². The number of benzene rings is 1. The van der Waals surface area contributed by atoms with E-state index in [0.29, 0.717) is 12.1 Å². The van der Waals surface area contributed by atoms with Crippen LogP contribution in [0.1, 0.15) is 65.2 Å². The highest BCUT2D eigenvalue weighted by molar-refractivity contribution is 5.94. The number of aromatic nitrogens is 1. The molecule has 0 unspecified atom stereocenters. The number of piperidine rings is 1. The lowest BCUT2D eigenvalue weighted by Crippen LogP contribution is -2.39. The van der Waals surface area contributed by atoms with Gasteiger partial charge in [-0.05, 0) is 68.7 Å². The zero-order valence-electron chi connectivity index (χ0n) is 18.5. The van der Waals surface area contributed by atoms with Gasteiger partial charge in [-0.3, -0.25) is 14.4 Å². The summed E-state index contributed by atoms with van der Waals surface area (Å²) < 4.78 is 1.38. The van der Waals surface area contributed by atoms with Gasteiger partial charge in [0.2, 0.25) is 5.91 Å². The molecule has 6 heteroatoms. The van der Waals surface area contributed by atoms with Crippen molar-refractivity contribution in [1.29, 1.82) is 0 Å². The summed E-state index contributed by atoms with van der Waals surface area (Å²) in [6.45, 7) is 6.36. The van der Waals surface area contributed by atoms with E-state index in [1.807, 2.05) is 9.80 Å². The van der Waals surface area contributed by atoms with E-state index in [4.69, 9.17) is 0 Å². The van der Waals surface area contributed by atoms with Crippen molar-refractivity contribution in [1.82, 2.24) is 14.4 Å². The highest BCUT2D eigenvalue weighted by Gasteiger charge is 2.31. The van der Waals surface area contributed by atoms with Crippen molar-refractivity contribution in [2.75, 3.05) is 19.6 Å². The van der Waals surface area contributed by atoms with Gasteiger partial charge in [0.1, 0.15) is 6.54 Å². The SMILES string of the molecule is Cc1ccc([C@@H]2CCCN2C(=O)c2ccc(=O)n(CC(=O)N3CCCCC3)c2)cc1C. The first-order valence-electron chi connectivity index (χ1n) is 11.3. The molecule has 1 aromatic carbocycles. The Kier molecular flexibility index (Phi) is 6.25. The van der Waals surface area contributed by atoms with Crippen molar-refractivity contribution in [2.45, 2.75) is 58.5 Å². The third-order valence-corrected chi connectivity index (χ3v) is 6.67. The van der Waals surface area contributed by atoms with Crippen LogP contribution in [0.25, 0.3) is 0 Å². The summed E-state index contributed by atoms with van der Waals surface area (Å²) in [5, 5.41) is 0. The first kappa shape index (κ1) is 21.3. The van der Waals surface area contributed by atoms with Crippen molar-refractivity contribution < 1.29 is 9.59 Å². The Morgan fingerprint density at radius 2 is 1.71 bits per heavy atom. The molecule has 2 aromatic rings. The van der Waals surface area contributed by atoms with Gasteiger partial charge in [-0.25, -0.2) is 0 Å². The maximum atomic E-state index is 13.3.